The Bertz CT molecular complexity index is 704. The zero-order valence-corrected chi connectivity index (χ0v) is 13.5. The molecule has 0 saturated carbocycles. The van der Waals surface area contributed by atoms with Gasteiger partial charge in [-0.15, -0.1) is 11.3 Å². The van der Waals surface area contributed by atoms with Crippen molar-refractivity contribution in [2.45, 2.75) is 6.92 Å². The third-order valence-corrected chi connectivity index (χ3v) is 5.18. The molecule has 9 heteroatoms. The van der Waals surface area contributed by atoms with Crippen molar-refractivity contribution in [3.63, 3.8) is 0 Å². The maximum Gasteiger partial charge on any atom is 0.324 e. The van der Waals surface area contributed by atoms with Crippen LogP contribution in [0.25, 0.3) is 9.88 Å². The number of morpholine rings is 1. The highest BCUT2D eigenvalue weighted by atomic mass is 32.1. The van der Waals surface area contributed by atoms with E-state index >= 15 is 0 Å². The Hall–Kier alpha value is -1.84. The van der Waals surface area contributed by atoms with Crippen LogP contribution >= 0.6 is 22.7 Å². The minimum absolute atomic E-state index is 0.130. The Kier molecular flexibility index (Phi) is 4.46. The molecule has 1 fully saturated rings. The third kappa shape index (κ3) is 3.32. The van der Waals surface area contributed by atoms with Crippen molar-refractivity contribution in [3.8, 4) is 9.88 Å². The molecule has 0 aromatic carbocycles. The average molecular weight is 338 g/mol. The van der Waals surface area contributed by atoms with Crippen molar-refractivity contribution in [1.29, 1.82) is 0 Å². The first-order valence-corrected chi connectivity index (χ1v) is 8.41. The number of rotatable bonds is 4. The molecule has 0 aliphatic carbocycles. The molecule has 0 amide bonds. The van der Waals surface area contributed by atoms with Crippen LogP contribution in [0.4, 0.5) is 5.00 Å². The first kappa shape index (κ1) is 15.1. The van der Waals surface area contributed by atoms with Crippen LogP contribution in [0.5, 0.6) is 0 Å². The fraction of sp³-hybridized carbons (Fsp3) is 0.385. The van der Waals surface area contributed by atoms with E-state index in [0.29, 0.717) is 13.2 Å². The van der Waals surface area contributed by atoms with Crippen LogP contribution in [0.2, 0.25) is 0 Å². The van der Waals surface area contributed by atoms with E-state index in [2.05, 4.69) is 10.1 Å². The summed E-state index contributed by atoms with van der Waals surface area (Å²) in [4.78, 5) is 15.7. The maximum atomic E-state index is 10.7. The summed E-state index contributed by atoms with van der Waals surface area (Å²) in [5, 5.41) is 20.1. The zero-order valence-electron chi connectivity index (χ0n) is 11.9. The molecule has 0 atom stereocenters. The van der Waals surface area contributed by atoms with Crippen molar-refractivity contribution < 1.29 is 9.66 Å². The second-order valence-corrected chi connectivity index (χ2v) is 6.60. The minimum atomic E-state index is -0.381. The molecular formula is C13H14N4O3S2. The molecule has 0 N–H and O–H groups in total. The molecule has 116 valence electrons. The summed E-state index contributed by atoms with van der Waals surface area (Å²) in [5.41, 5.74) is 1.65. The topological polar surface area (TPSA) is 80.9 Å². The van der Waals surface area contributed by atoms with Gasteiger partial charge in [-0.05, 0) is 13.0 Å². The number of thiazole rings is 1. The fourth-order valence-electron chi connectivity index (χ4n) is 2.01. The Labute approximate surface area is 135 Å². The highest BCUT2D eigenvalue weighted by molar-refractivity contribution is 7.23. The third-order valence-electron chi connectivity index (χ3n) is 3.14. The lowest BCUT2D eigenvalue weighted by molar-refractivity contribution is -0.380. The van der Waals surface area contributed by atoms with E-state index in [1.165, 1.54) is 17.4 Å². The molecule has 2 aromatic rings. The standard InChI is InChI=1S/C13H14N4O3S2/c1-9(15-16-4-6-20-7-5-16)10-8-21-13(14-10)11-2-3-12(22-11)17(18)19/h2-3,8H,4-7H2,1H3. The van der Waals surface area contributed by atoms with Gasteiger partial charge in [0.2, 0.25) is 0 Å². The van der Waals surface area contributed by atoms with E-state index < -0.39 is 0 Å². The van der Waals surface area contributed by atoms with Gasteiger partial charge in [0.15, 0.2) is 0 Å². The van der Waals surface area contributed by atoms with E-state index in [1.807, 2.05) is 17.3 Å². The van der Waals surface area contributed by atoms with Gasteiger partial charge in [-0.2, -0.15) is 5.10 Å². The van der Waals surface area contributed by atoms with Gasteiger partial charge in [0.25, 0.3) is 0 Å². The zero-order chi connectivity index (χ0) is 15.5. The van der Waals surface area contributed by atoms with Crippen LogP contribution in [0.1, 0.15) is 12.6 Å². The van der Waals surface area contributed by atoms with Gasteiger partial charge in [0.05, 0.1) is 47.5 Å². The van der Waals surface area contributed by atoms with E-state index in [-0.39, 0.29) is 9.92 Å². The molecule has 1 saturated heterocycles. The summed E-state index contributed by atoms with van der Waals surface area (Å²) in [6, 6.07) is 3.25. The van der Waals surface area contributed by atoms with Crippen LogP contribution < -0.4 is 0 Å². The normalized spacial score (nSPS) is 16.0. The Morgan fingerprint density at radius 3 is 2.91 bits per heavy atom. The van der Waals surface area contributed by atoms with Gasteiger partial charge < -0.3 is 4.74 Å². The maximum absolute atomic E-state index is 10.7. The number of nitro groups is 1. The lowest BCUT2D eigenvalue weighted by Gasteiger charge is -2.24. The molecule has 0 unspecified atom stereocenters. The van der Waals surface area contributed by atoms with Crippen molar-refractivity contribution in [1.82, 2.24) is 9.99 Å². The highest BCUT2D eigenvalue weighted by Gasteiger charge is 2.15. The van der Waals surface area contributed by atoms with Gasteiger partial charge in [-0.3, -0.25) is 15.1 Å². The molecule has 0 radical (unpaired) electrons. The lowest BCUT2D eigenvalue weighted by Crippen LogP contribution is -2.33. The van der Waals surface area contributed by atoms with Crippen LogP contribution in [-0.4, -0.2) is 46.9 Å². The van der Waals surface area contributed by atoms with Gasteiger partial charge >= 0.3 is 5.00 Å². The molecule has 3 heterocycles. The van der Waals surface area contributed by atoms with Crippen LogP contribution in [0.15, 0.2) is 22.6 Å². The molecule has 2 aromatic heterocycles. The second kappa shape index (κ2) is 6.51. The number of nitrogens with zero attached hydrogens (tertiary/aromatic N) is 4. The summed E-state index contributed by atoms with van der Waals surface area (Å²) in [7, 11) is 0. The minimum Gasteiger partial charge on any atom is -0.378 e. The van der Waals surface area contributed by atoms with E-state index in [1.54, 1.807) is 6.07 Å². The largest absolute Gasteiger partial charge is 0.378 e. The van der Waals surface area contributed by atoms with E-state index in [9.17, 15) is 10.1 Å². The summed E-state index contributed by atoms with van der Waals surface area (Å²) < 4.78 is 5.29. The van der Waals surface area contributed by atoms with Crippen LogP contribution in [-0.2, 0) is 4.74 Å². The van der Waals surface area contributed by atoms with Gasteiger partial charge in [-0.1, -0.05) is 11.3 Å². The number of hydrazone groups is 1. The number of hydrogen-bond donors (Lipinski definition) is 0. The molecule has 1 aliphatic rings. The van der Waals surface area contributed by atoms with Crippen molar-refractivity contribution in [2.24, 2.45) is 5.10 Å². The van der Waals surface area contributed by atoms with Gasteiger partial charge in [0.1, 0.15) is 5.01 Å². The number of ether oxygens (including phenoxy) is 1. The van der Waals surface area contributed by atoms with Crippen molar-refractivity contribution in [2.75, 3.05) is 26.3 Å². The van der Waals surface area contributed by atoms with Crippen LogP contribution in [0, 0.1) is 10.1 Å². The Morgan fingerprint density at radius 1 is 1.45 bits per heavy atom. The van der Waals surface area contributed by atoms with Crippen molar-refractivity contribution >= 4 is 33.4 Å². The summed E-state index contributed by atoms with van der Waals surface area (Å²) >= 11 is 2.61. The second-order valence-electron chi connectivity index (χ2n) is 4.68. The van der Waals surface area contributed by atoms with Crippen molar-refractivity contribution in [3.05, 3.63) is 33.3 Å². The van der Waals surface area contributed by atoms with Gasteiger partial charge in [0, 0.05) is 11.4 Å². The summed E-state index contributed by atoms with van der Waals surface area (Å²) in [6.07, 6.45) is 0. The van der Waals surface area contributed by atoms with Crippen LogP contribution in [0.3, 0.4) is 0 Å². The average Bonchev–Trinajstić information content (AvgIpc) is 3.17. The van der Waals surface area contributed by atoms with Gasteiger partial charge in [-0.25, -0.2) is 4.98 Å². The Morgan fingerprint density at radius 2 is 2.23 bits per heavy atom. The fourth-order valence-corrected chi connectivity index (χ4v) is 3.77. The first-order chi connectivity index (χ1) is 10.6. The molecule has 0 spiro atoms. The molecule has 7 nitrogen and oxygen atoms in total. The number of thiophene rings is 1. The lowest BCUT2D eigenvalue weighted by atomic mass is 10.3. The summed E-state index contributed by atoms with van der Waals surface area (Å²) in [6.45, 7) is 4.87. The molecular weight excluding hydrogens is 324 g/mol. The van der Waals surface area contributed by atoms with E-state index in [4.69, 9.17) is 4.74 Å². The SMILES string of the molecule is CC(=NN1CCOCC1)c1csc(-c2ccc([N+](=O)[O-])s2)n1. The monoisotopic (exact) mass is 338 g/mol. The van der Waals surface area contributed by atoms with E-state index in [0.717, 1.165) is 45.7 Å². The smallest absolute Gasteiger partial charge is 0.324 e. The predicted octanol–water partition coefficient (Wildman–Crippen LogP) is 2.84. The molecule has 1 aliphatic heterocycles. The predicted molar refractivity (Wildman–Crippen MR) is 86.7 cm³/mol. The number of hydrogen-bond acceptors (Lipinski definition) is 8. The molecule has 0 bridgehead atoms. The quantitative estimate of drug-likeness (QED) is 0.486. The Balaban J connectivity index is 1.77. The molecule has 3 rings (SSSR count). The number of aromatic nitrogens is 1. The highest BCUT2D eigenvalue weighted by Crippen LogP contribution is 2.34. The molecule has 22 heavy (non-hydrogen) atoms. The first-order valence-electron chi connectivity index (χ1n) is 6.72. The summed E-state index contributed by atoms with van der Waals surface area (Å²) in [5.74, 6) is 0.